The topological polar surface area (TPSA) is 66.8 Å². The van der Waals surface area contributed by atoms with Crippen LogP contribution >= 0.6 is 15.9 Å². The summed E-state index contributed by atoms with van der Waals surface area (Å²) in [5, 5.41) is 11.7. The second-order valence-corrected chi connectivity index (χ2v) is 13.8. The van der Waals surface area contributed by atoms with E-state index in [0.29, 0.717) is 22.3 Å². The summed E-state index contributed by atoms with van der Waals surface area (Å²) in [6.07, 6.45) is -0.758. The number of benzene rings is 4. The molecule has 1 unspecified atom stereocenters. The summed E-state index contributed by atoms with van der Waals surface area (Å²) < 4.78 is 6.66. The van der Waals surface area contributed by atoms with Crippen LogP contribution in [0.4, 0.5) is 0 Å². The zero-order valence-corrected chi connectivity index (χ0v) is 27.1. The second kappa shape index (κ2) is 12.3. The summed E-state index contributed by atoms with van der Waals surface area (Å²) in [6, 6.07) is 25.4. The number of carbonyl (C=O) groups is 2. The lowest BCUT2D eigenvalue weighted by molar-refractivity contribution is -0.145. The first-order valence-corrected chi connectivity index (χ1v) is 15.0. The molecule has 0 bridgehead atoms. The van der Waals surface area contributed by atoms with E-state index >= 15 is 0 Å². The Morgan fingerprint density at radius 3 is 2.02 bits per heavy atom. The normalized spacial score (nSPS) is 12.7. The van der Waals surface area contributed by atoms with E-state index in [1.807, 2.05) is 67.7 Å². The van der Waals surface area contributed by atoms with E-state index in [2.05, 4.69) is 69.6 Å². The van der Waals surface area contributed by atoms with Gasteiger partial charge in [-0.25, -0.2) is 4.79 Å². The molecule has 0 radical (unpaired) electrons. The molecule has 0 fully saturated rings. The van der Waals surface area contributed by atoms with Crippen molar-refractivity contribution in [2.24, 2.45) is 0 Å². The van der Waals surface area contributed by atoms with Crippen molar-refractivity contribution in [3.63, 3.8) is 0 Å². The van der Waals surface area contributed by atoms with Gasteiger partial charge < -0.3 is 14.7 Å². The van der Waals surface area contributed by atoms with E-state index in [0.717, 1.165) is 33.0 Å². The first-order valence-electron chi connectivity index (χ1n) is 14.2. The summed E-state index contributed by atoms with van der Waals surface area (Å²) in [4.78, 5) is 27.3. The van der Waals surface area contributed by atoms with Crippen LogP contribution in [0.5, 0.6) is 5.75 Å². The highest BCUT2D eigenvalue weighted by molar-refractivity contribution is 9.10. The van der Waals surface area contributed by atoms with Crippen LogP contribution in [0.25, 0.3) is 10.8 Å². The maximum atomic E-state index is 13.6. The fourth-order valence-corrected chi connectivity index (χ4v) is 5.44. The highest BCUT2D eigenvalue weighted by Crippen LogP contribution is 2.35. The monoisotopic (exact) mass is 629 g/mol. The number of fused-ring (bicyclic) bond motifs is 1. The van der Waals surface area contributed by atoms with Gasteiger partial charge in [-0.3, -0.25) is 4.79 Å². The summed E-state index contributed by atoms with van der Waals surface area (Å²) in [5.41, 5.74) is 4.73. The molecule has 4 rings (SSSR count). The molecule has 0 aliphatic rings. The fraction of sp³-hybridized carbons (Fsp3) is 0.333. The SMILES string of the molecule is CN(Cc1ccc2c(Br)c(OC(Cc3ccccc3)C(=O)O)ccc2c1)C(=O)c1cc(C(C)(C)C)cc(C(C)(C)C)c1. The van der Waals surface area contributed by atoms with Gasteiger partial charge in [-0.05, 0) is 84.1 Å². The van der Waals surface area contributed by atoms with Crippen LogP contribution in [0.2, 0.25) is 0 Å². The lowest BCUT2D eigenvalue weighted by atomic mass is 9.79. The van der Waals surface area contributed by atoms with Gasteiger partial charge in [-0.1, -0.05) is 96.1 Å². The molecule has 220 valence electrons. The minimum atomic E-state index is -1.02. The van der Waals surface area contributed by atoms with E-state index in [9.17, 15) is 14.7 Å². The Labute approximate surface area is 257 Å². The van der Waals surface area contributed by atoms with Crippen LogP contribution in [0.1, 0.15) is 74.2 Å². The van der Waals surface area contributed by atoms with Crippen LogP contribution in [-0.4, -0.2) is 35.0 Å². The summed E-state index contributed by atoms with van der Waals surface area (Å²) in [7, 11) is 1.83. The largest absolute Gasteiger partial charge is 0.478 e. The molecule has 0 spiro atoms. The first-order chi connectivity index (χ1) is 19.6. The molecule has 0 heterocycles. The van der Waals surface area contributed by atoms with Gasteiger partial charge in [-0.15, -0.1) is 0 Å². The zero-order valence-electron chi connectivity index (χ0n) is 25.5. The number of aliphatic carboxylic acids is 1. The van der Waals surface area contributed by atoms with Gasteiger partial charge in [0.2, 0.25) is 0 Å². The molecule has 5 nitrogen and oxygen atoms in total. The molecule has 0 saturated carbocycles. The van der Waals surface area contributed by atoms with Crippen molar-refractivity contribution in [3.8, 4) is 5.75 Å². The smallest absolute Gasteiger partial charge is 0.345 e. The van der Waals surface area contributed by atoms with Gasteiger partial charge in [0.15, 0.2) is 6.10 Å². The van der Waals surface area contributed by atoms with Crippen LogP contribution in [0, 0.1) is 0 Å². The third-order valence-electron chi connectivity index (χ3n) is 7.47. The molecule has 4 aromatic carbocycles. The molecule has 0 saturated heterocycles. The second-order valence-electron chi connectivity index (χ2n) is 13.0. The quantitative estimate of drug-likeness (QED) is 0.212. The van der Waals surface area contributed by atoms with Crippen molar-refractivity contribution in [1.29, 1.82) is 0 Å². The number of halogens is 1. The Morgan fingerprint density at radius 1 is 0.833 bits per heavy atom. The average Bonchev–Trinajstić information content (AvgIpc) is 2.93. The van der Waals surface area contributed by atoms with E-state index in [1.54, 1.807) is 11.0 Å². The maximum Gasteiger partial charge on any atom is 0.345 e. The molecule has 0 aromatic heterocycles. The van der Waals surface area contributed by atoms with Crippen LogP contribution in [-0.2, 0) is 28.6 Å². The summed E-state index contributed by atoms with van der Waals surface area (Å²) in [6.45, 7) is 13.5. The number of nitrogens with zero attached hydrogens (tertiary/aromatic N) is 1. The number of carboxylic acids is 1. The van der Waals surface area contributed by atoms with Gasteiger partial charge in [0.1, 0.15) is 5.75 Å². The number of ether oxygens (including phenoxy) is 1. The van der Waals surface area contributed by atoms with E-state index < -0.39 is 12.1 Å². The Kier molecular flexibility index (Phi) is 9.17. The number of carboxylic acid groups (broad SMARTS) is 1. The average molecular weight is 631 g/mol. The number of carbonyl (C=O) groups excluding carboxylic acids is 1. The molecule has 0 aliphatic carbocycles. The van der Waals surface area contributed by atoms with Crippen molar-refractivity contribution in [1.82, 2.24) is 4.90 Å². The molecule has 1 atom stereocenters. The highest BCUT2D eigenvalue weighted by atomic mass is 79.9. The number of hydrogen-bond donors (Lipinski definition) is 1. The number of rotatable bonds is 8. The van der Waals surface area contributed by atoms with Crippen LogP contribution < -0.4 is 4.74 Å². The fourth-order valence-electron chi connectivity index (χ4n) is 4.85. The highest BCUT2D eigenvalue weighted by Gasteiger charge is 2.24. The molecule has 1 N–H and O–H groups in total. The van der Waals surface area contributed by atoms with Gasteiger partial charge in [0, 0.05) is 25.6 Å². The molecule has 6 heteroatoms. The van der Waals surface area contributed by atoms with E-state index in [1.165, 1.54) is 0 Å². The third kappa shape index (κ3) is 7.40. The predicted octanol–water partition coefficient (Wildman–Crippen LogP) is 8.54. The summed E-state index contributed by atoms with van der Waals surface area (Å²) >= 11 is 3.64. The molecule has 42 heavy (non-hydrogen) atoms. The van der Waals surface area contributed by atoms with Crippen molar-refractivity contribution in [2.45, 2.75) is 71.4 Å². The Bertz CT molecular complexity index is 1570. The van der Waals surface area contributed by atoms with Gasteiger partial charge in [-0.2, -0.15) is 0 Å². The number of amides is 1. The zero-order chi connectivity index (χ0) is 30.8. The van der Waals surface area contributed by atoms with Crippen molar-refractivity contribution in [3.05, 3.63) is 111 Å². The lowest BCUT2D eigenvalue weighted by Gasteiger charge is -2.27. The third-order valence-corrected chi connectivity index (χ3v) is 8.29. The standard InChI is InChI=1S/C36H40BrNO4/c1-35(2,3)27-19-26(20-28(21-27)36(4,5)6)33(39)38(7)22-24-13-15-29-25(17-24)14-16-30(32(29)37)42-31(34(40)41)18-23-11-9-8-10-12-23/h8-17,19-21,31H,18,22H2,1-7H3,(H,40,41). The molecule has 0 aliphatic heterocycles. The van der Waals surface area contributed by atoms with Gasteiger partial charge >= 0.3 is 5.97 Å². The minimum Gasteiger partial charge on any atom is -0.478 e. The molecule has 1 amide bonds. The van der Waals surface area contributed by atoms with Crippen LogP contribution in [0.15, 0.2) is 83.3 Å². The van der Waals surface area contributed by atoms with Gasteiger partial charge in [0.05, 0.1) is 4.47 Å². The molecular weight excluding hydrogens is 590 g/mol. The van der Waals surface area contributed by atoms with E-state index in [4.69, 9.17) is 4.74 Å². The Morgan fingerprint density at radius 2 is 1.45 bits per heavy atom. The predicted molar refractivity (Wildman–Crippen MR) is 173 cm³/mol. The Balaban J connectivity index is 1.55. The van der Waals surface area contributed by atoms with Crippen molar-refractivity contribution < 1.29 is 19.4 Å². The molecule has 4 aromatic rings. The lowest BCUT2D eigenvalue weighted by Crippen LogP contribution is -2.29. The van der Waals surface area contributed by atoms with Gasteiger partial charge in [0.25, 0.3) is 5.91 Å². The molecular formula is C36H40BrNO4. The Hall–Kier alpha value is -3.64. The van der Waals surface area contributed by atoms with Crippen LogP contribution in [0.3, 0.4) is 0 Å². The van der Waals surface area contributed by atoms with Crippen molar-refractivity contribution >= 4 is 38.6 Å². The maximum absolute atomic E-state index is 13.6. The summed E-state index contributed by atoms with van der Waals surface area (Å²) in [5.74, 6) is -0.564. The minimum absolute atomic E-state index is 0.0187. The number of hydrogen-bond acceptors (Lipinski definition) is 3. The van der Waals surface area contributed by atoms with E-state index in [-0.39, 0.29) is 23.2 Å². The first kappa shape index (κ1) is 31.3. The van der Waals surface area contributed by atoms with Crippen molar-refractivity contribution in [2.75, 3.05) is 7.05 Å².